The molecule has 0 saturated carbocycles. The highest BCUT2D eigenvalue weighted by Gasteiger charge is 2.29. The Kier molecular flexibility index (Phi) is 7.74. The summed E-state index contributed by atoms with van der Waals surface area (Å²) in [7, 11) is -3.81. The van der Waals surface area contributed by atoms with E-state index in [0.29, 0.717) is 18.7 Å². The third-order valence-corrected chi connectivity index (χ3v) is 7.55. The van der Waals surface area contributed by atoms with Crippen molar-refractivity contribution in [1.82, 2.24) is 4.31 Å². The van der Waals surface area contributed by atoms with Gasteiger partial charge >= 0.3 is 5.97 Å². The monoisotopic (exact) mass is 539 g/mol. The lowest BCUT2D eigenvalue weighted by molar-refractivity contribution is -0.384. The molecule has 38 heavy (non-hydrogen) atoms. The van der Waals surface area contributed by atoms with Gasteiger partial charge in [-0.15, -0.1) is 0 Å². The largest absolute Gasteiger partial charge is 0.423 e. The molecule has 196 valence electrons. The van der Waals surface area contributed by atoms with Gasteiger partial charge in [-0.05, 0) is 60.9 Å². The van der Waals surface area contributed by atoms with E-state index >= 15 is 0 Å². The maximum atomic E-state index is 12.7. The number of anilines is 1. The molecule has 13 nitrogen and oxygen atoms in total. The number of benzene rings is 3. The normalized spacial score (nSPS) is 13.9. The van der Waals surface area contributed by atoms with E-state index < -0.39 is 31.5 Å². The molecule has 0 amide bonds. The fraction of sp³-hybridized carbons (Fsp3) is 0.167. The number of nitrogens with one attached hydrogen (secondary N) is 1. The van der Waals surface area contributed by atoms with Crippen LogP contribution in [0.2, 0.25) is 0 Å². The van der Waals surface area contributed by atoms with E-state index in [2.05, 4.69) is 10.5 Å². The number of carbonyl (C=O) groups is 1. The average molecular weight is 540 g/mol. The standard InChI is InChI=1S/C24H21N5O8S/c30-24(18-4-3-5-19(14-18)28(31)32)37-20-8-6-17(7-9-20)16-25-26-22-11-10-21(15-23(22)29(33)34)38(35,36)27-12-1-2-13-27/h3-11,14-16,26H,1-2,12-13H2/b25-16+. The topological polar surface area (TPSA) is 174 Å². The molecule has 0 aliphatic carbocycles. The highest BCUT2D eigenvalue weighted by molar-refractivity contribution is 7.89. The second-order valence-electron chi connectivity index (χ2n) is 8.18. The summed E-state index contributed by atoms with van der Waals surface area (Å²) < 4.78 is 32.0. The Bertz CT molecular complexity index is 1520. The van der Waals surface area contributed by atoms with E-state index in [9.17, 15) is 33.4 Å². The summed E-state index contributed by atoms with van der Waals surface area (Å²) in [6, 6.07) is 14.9. The predicted molar refractivity (Wildman–Crippen MR) is 137 cm³/mol. The van der Waals surface area contributed by atoms with Gasteiger partial charge in [-0.25, -0.2) is 13.2 Å². The van der Waals surface area contributed by atoms with Crippen molar-refractivity contribution in [2.75, 3.05) is 18.5 Å². The summed E-state index contributed by atoms with van der Waals surface area (Å²) in [5.74, 6) is -0.573. The van der Waals surface area contributed by atoms with Crippen molar-refractivity contribution < 1.29 is 27.8 Å². The van der Waals surface area contributed by atoms with Crippen LogP contribution in [0.1, 0.15) is 28.8 Å². The third-order valence-electron chi connectivity index (χ3n) is 5.65. The summed E-state index contributed by atoms with van der Waals surface area (Å²) >= 11 is 0. The molecule has 0 bridgehead atoms. The van der Waals surface area contributed by atoms with Crippen molar-refractivity contribution in [1.29, 1.82) is 0 Å². The molecule has 0 spiro atoms. The molecule has 14 heteroatoms. The maximum Gasteiger partial charge on any atom is 0.343 e. The third kappa shape index (κ3) is 5.99. The molecule has 1 N–H and O–H groups in total. The van der Waals surface area contributed by atoms with Gasteiger partial charge in [0.05, 0.1) is 26.5 Å². The number of hydrogen-bond donors (Lipinski definition) is 1. The summed E-state index contributed by atoms with van der Waals surface area (Å²) in [6.45, 7) is 0.764. The van der Waals surface area contributed by atoms with Crippen LogP contribution in [0.15, 0.2) is 76.7 Å². The average Bonchev–Trinajstić information content (AvgIpc) is 3.46. The van der Waals surface area contributed by atoms with Crippen molar-refractivity contribution >= 4 is 39.3 Å². The SMILES string of the molecule is O=C(Oc1ccc(/C=N/Nc2ccc(S(=O)(=O)N3CCCC3)cc2[N+](=O)[O-])cc1)c1cccc([N+](=O)[O-])c1. The van der Waals surface area contributed by atoms with Crippen LogP contribution >= 0.6 is 0 Å². The first-order valence-corrected chi connectivity index (χ1v) is 12.7. The number of nitro groups is 2. The number of non-ortho nitro benzene ring substituents is 1. The summed E-state index contributed by atoms with van der Waals surface area (Å²) in [4.78, 5) is 33.3. The lowest BCUT2D eigenvalue weighted by Crippen LogP contribution is -2.27. The number of nitrogens with zero attached hydrogens (tertiary/aromatic N) is 4. The van der Waals surface area contributed by atoms with Crippen molar-refractivity contribution in [3.63, 3.8) is 0 Å². The molecule has 0 aromatic heterocycles. The highest BCUT2D eigenvalue weighted by atomic mass is 32.2. The number of hydrazone groups is 1. The Hall–Kier alpha value is -4.69. The Morgan fingerprint density at radius 3 is 2.34 bits per heavy atom. The number of nitro benzene ring substituents is 2. The first-order chi connectivity index (χ1) is 18.1. The van der Waals surface area contributed by atoms with Crippen molar-refractivity contribution in [2.24, 2.45) is 5.10 Å². The summed E-state index contributed by atoms with van der Waals surface area (Å²) in [5, 5.41) is 26.4. The van der Waals surface area contributed by atoms with Gasteiger partial charge in [-0.1, -0.05) is 6.07 Å². The number of hydrogen-bond acceptors (Lipinski definition) is 10. The predicted octanol–water partition coefficient (Wildman–Crippen LogP) is 3.95. The van der Waals surface area contributed by atoms with E-state index in [4.69, 9.17) is 4.74 Å². The molecule has 1 saturated heterocycles. The van der Waals surface area contributed by atoms with Crippen molar-refractivity contribution in [3.8, 4) is 5.75 Å². The molecule has 1 aliphatic heterocycles. The molecule has 3 aromatic carbocycles. The van der Waals surface area contributed by atoms with Gasteiger partial charge < -0.3 is 4.74 Å². The molecule has 1 heterocycles. The van der Waals surface area contributed by atoms with Crippen LogP contribution in [0.4, 0.5) is 17.1 Å². The van der Waals surface area contributed by atoms with E-state index in [0.717, 1.165) is 25.0 Å². The Morgan fingerprint density at radius 1 is 0.974 bits per heavy atom. The highest BCUT2D eigenvalue weighted by Crippen LogP contribution is 2.30. The minimum Gasteiger partial charge on any atom is -0.423 e. The zero-order chi connectivity index (χ0) is 27.3. The summed E-state index contributed by atoms with van der Waals surface area (Å²) in [6.07, 6.45) is 2.86. The number of ether oxygens (including phenoxy) is 1. The van der Waals surface area contributed by atoms with Gasteiger partial charge in [-0.3, -0.25) is 25.7 Å². The fourth-order valence-corrected chi connectivity index (χ4v) is 5.24. The second-order valence-corrected chi connectivity index (χ2v) is 10.1. The number of esters is 1. The van der Waals surface area contributed by atoms with E-state index in [-0.39, 0.29) is 27.6 Å². The molecule has 0 unspecified atom stereocenters. The van der Waals surface area contributed by atoms with Crippen LogP contribution in [-0.4, -0.2) is 47.8 Å². The van der Waals surface area contributed by atoms with Gasteiger partial charge in [0.1, 0.15) is 11.4 Å². The van der Waals surface area contributed by atoms with Gasteiger partial charge in [0, 0.05) is 31.3 Å². The first-order valence-electron chi connectivity index (χ1n) is 11.3. The molecular formula is C24H21N5O8S. The molecule has 1 aliphatic rings. The van der Waals surface area contributed by atoms with Crippen LogP contribution in [0.3, 0.4) is 0 Å². The van der Waals surface area contributed by atoms with Gasteiger partial charge in [0.15, 0.2) is 0 Å². The quantitative estimate of drug-likeness (QED) is 0.139. The number of rotatable bonds is 9. The minimum atomic E-state index is -3.81. The Balaban J connectivity index is 1.42. The Morgan fingerprint density at radius 2 is 1.68 bits per heavy atom. The molecule has 4 rings (SSSR count). The van der Waals surface area contributed by atoms with E-state index in [1.807, 2.05) is 0 Å². The second kappa shape index (κ2) is 11.1. The zero-order valence-electron chi connectivity index (χ0n) is 19.7. The lowest BCUT2D eigenvalue weighted by atomic mass is 10.2. The zero-order valence-corrected chi connectivity index (χ0v) is 20.5. The molecule has 0 radical (unpaired) electrons. The molecular weight excluding hydrogens is 518 g/mol. The van der Waals surface area contributed by atoms with E-state index in [1.165, 1.54) is 53.0 Å². The molecule has 0 atom stereocenters. The van der Waals surface area contributed by atoms with Crippen LogP contribution in [0, 0.1) is 20.2 Å². The summed E-state index contributed by atoms with van der Waals surface area (Å²) in [5.41, 5.74) is 2.47. The van der Waals surface area contributed by atoms with E-state index in [1.54, 1.807) is 12.1 Å². The van der Waals surface area contributed by atoms with Crippen LogP contribution in [0.5, 0.6) is 5.75 Å². The van der Waals surface area contributed by atoms with Gasteiger partial charge in [-0.2, -0.15) is 9.41 Å². The molecule has 1 fully saturated rings. The number of sulfonamides is 1. The first kappa shape index (κ1) is 26.4. The van der Waals surface area contributed by atoms with Crippen molar-refractivity contribution in [3.05, 3.63) is 98.1 Å². The minimum absolute atomic E-state index is 0.00845. The van der Waals surface area contributed by atoms with Crippen molar-refractivity contribution in [2.45, 2.75) is 17.7 Å². The molecule has 3 aromatic rings. The van der Waals surface area contributed by atoms with Gasteiger partial charge in [0.2, 0.25) is 10.0 Å². The van der Waals surface area contributed by atoms with Crippen LogP contribution < -0.4 is 10.2 Å². The maximum absolute atomic E-state index is 12.7. The smallest absolute Gasteiger partial charge is 0.343 e. The fourth-order valence-electron chi connectivity index (χ4n) is 3.71. The number of carbonyl (C=O) groups excluding carboxylic acids is 1. The Labute approximate surface area is 216 Å². The van der Waals surface area contributed by atoms with Gasteiger partial charge in [0.25, 0.3) is 11.4 Å². The lowest BCUT2D eigenvalue weighted by Gasteiger charge is -2.15. The van der Waals surface area contributed by atoms with Crippen LogP contribution in [0.25, 0.3) is 0 Å². The van der Waals surface area contributed by atoms with Crippen LogP contribution in [-0.2, 0) is 10.0 Å².